The van der Waals surface area contributed by atoms with Crippen LogP contribution >= 0.6 is 0 Å². The molecule has 1 heterocycles. The molecule has 0 aromatic heterocycles. The van der Waals surface area contributed by atoms with E-state index >= 15 is 0 Å². The minimum absolute atomic E-state index is 0.231. The maximum Gasteiger partial charge on any atom is 0.317 e. The Morgan fingerprint density at radius 3 is 2.30 bits per heavy atom. The van der Waals surface area contributed by atoms with Crippen LogP contribution in [0.1, 0.15) is 51.9 Å². The smallest absolute Gasteiger partial charge is 0.317 e. The van der Waals surface area contributed by atoms with E-state index in [4.69, 9.17) is 0 Å². The maximum atomic E-state index is 12.6. The van der Waals surface area contributed by atoms with E-state index < -0.39 is 0 Å². The van der Waals surface area contributed by atoms with Crippen LogP contribution in [0.25, 0.3) is 0 Å². The number of hydrogen-bond donors (Lipinski definition) is 1. The van der Waals surface area contributed by atoms with E-state index in [1.807, 2.05) is 0 Å². The SMILES string of the molecule is C[C@@H]1CCCN(C(=O)NC2C3CC4CC(C3)CC2C4)C1. The second-order valence-electron chi connectivity index (χ2n) is 8.10. The number of likely N-dealkylation sites (tertiary alicyclic amines) is 1. The molecule has 1 aliphatic heterocycles. The lowest BCUT2D eigenvalue weighted by atomic mass is 9.54. The molecular formula is C17H28N2O. The third-order valence-corrected chi connectivity index (χ3v) is 6.46. The van der Waals surface area contributed by atoms with E-state index in [0.29, 0.717) is 12.0 Å². The average Bonchev–Trinajstić information content (AvgIpc) is 2.42. The summed E-state index contributed by atoms with van der Waals surface area (Å²) in [5, 5.41) is 3.44. The Hall–Kier alpha value is -0.730. The van der Waals surface area contributed by atoms with Gasteiger partial charge in [0.05, 0.1) is 0 Å². The molecule has 5 fully saturated rings. The summed E-state index contributed by atoms with van der Waals surface area (Å²) in [5.74, 6) is 4.23. The lowest BCUT2D eigenvalue weighted by Gasteiger charge is -2.54. The first-order chi connectivity index (χ1) is 9.69. The quantitative estimate of drug-likeness (QED) is 0.783. The van der Waals surface area contributed by atoms with Gasteiger partial charge in [0.2, 0.25) is 0 Å². The van der Waals surface area contributed by atoms with Gasteiger partial charge < -0.3 is 10.2 Å². The van der Waals surface area contributed by atoms with Gasteiger partial charge in [-0.1, -0.05) is 6.92 Å². The van der Waals surface area contributed by atoms with Crippen LogP contribution in [0.15, 0.2) is 0 Å². The van der Waals surface area contributed by atoms with E-state index in [-0.39, 0.29) is 6.03 Å². The van der Waals surface area contributed by atoms with Gasteiger partial charge in [-0.2, -0.15) is 0 Å². The van der Waals surface area contributed by atoms with Crippen LogP contribution in [0.5, 0.6) is 0 Å². The number of carbonyl (C=O) groups excluding carboxylic acids is 1. The average molecular weight is 276 g/mol. The second-order valence-corrected chi connectivity index (χ2v) is 8.10. The summed E-state index contributed by atoms with van der Waals surface area (Å²) in [4.78, 5) is 14.6. The Bertz CT molecular complexity index is 366. The normalized spacial score (nSPS) is 46.5. The fourth-order valence-electron chi connectivity index (χ4n) is 5.77. The molecule has 3 nitrogen and oxygen atoms in total. The number of hydrogen-bond acceptors (Lipinski definition) is 1. The van der Waals surface area contributed by atoms with E-state index in [9.17, 15) is 4.79 Å². The summed E-state index contributed by atoms with van der Waals surface area (Å²) in [6.07, 6.45) is 9.47. The third kappa shape index (κ3) is 2.23. The Balaban J connectivity index is 1.40. The van der Waals surface area contributed by atoms with E-state index in [0.717, 1.165) is 36.8 Å². The first-order valence-corrected chi connectivity index (χ1v) is 8.74. The molecule has 0 aromatic rings. The molecule has 3 heteroatoms. The number of piperidine rings is 1. The Kier molecular flexibility index (Phi) is 3.19. The molecule has 5 rings (SSSR count). The Labute approximate surface area is 122 Å². The fraction of sp³-hybridized carbons (Fsp3) is 0.941. The van der Waals surface area contributed by atoms with Crippen molar-refractivity contribution in [3.8, 4) is 0 Å². The molecule has 5 aliphatic rings. The zero-order valence-corrected chi connectivity index (χ0v) is 12.7. The summed E-state index contributed by atoms with van der Waals surface area (Å²) < 4.78 is 0. The molecular weight excluding hydrogens is 248 g/mol. The summed E-state index contributed by atoms with van der Waals surface area (Å²) in [6.45, 7) is 4.19. The first kappa shape index (κ1) is 13.0. The molecule has 0 aromatic carbocycles. The van der Waals surface area contributed by atoms with Crippen LogP contribution in [-0.2, 0) is 0 Å². The number of nitrogens with zero attached hydrogens (tertiary/aromatic N) is 1. The van der Waals surface area contributed by atoms with Gasteiger partial charge in [0, 0.05) is 19.1 Å². The maximum absolute atomic E-state index is 12.6. The van der Waals surface area contributed by atoms with Crippen molar-refractivity contribution >= 4 is 6.03 Å². The molecule has 4 bridgehead atoms. The number of carbonyl (C=O) groups is 1. The van der Waals surface area contributed by atoms with Gasteiger partial charge in [0.1, 0.15) is 0 Å². The van der Waals surface area contributed by atoms with Crippen LogP contribution < -0.4 is 5.32 Å². The summed E-state index contributed by atoms with van der Waals surface area (Å²) in [6, 6.07) is 0.724. The standard InChI is InChI=1S/C17H28N2O/c1-11-3-2-4-19(10-11)17(20)18-16-14-6-12-5-13(8-14)9-15(16)7-12/h11-16H,2-10H2,1H3,(H,18,20)/t11-,12?,13?,14?,15?,16?/m1/s1. The minimum atomic E-state index is 0.231. The van der Waals surface area contributed by atoms with Crippen molar-refractivity contribution in [3.05, 3.63) is 0 Å². The summed E-state index contributed by atoms with van der Waals surface area (Å²) in [7, 11) is 0. The summed E-state index contributed by atoms with van der Waals surface area (Å²) >= 11 is 0. The number of urea groups is 1. The highest BCUT2D eigenvalue weighted by molar-refractivity contribution is 5.74. The molecule has 1 N–H and O–H groups in total. The molecule has 2 amide bonds. The van der Waals surface area contributed by atoms with Crippen molar-refractivity contribution in [1.29, 1.82) is 0 Å². The van der Waals surface area contributed by atoms with Crippen molar-refractivity contribution in [2.45, 2.75) is 57.9 Å². The predicted octanol–water partition coefficient (Wildman–Crippen LogP) is 3.25. The largest absolute Gasteiger partial charge is 0.335 e. The van der Waals surface area contributed by atoms with Gasteiger partial charge in [0.25, 0.3) is 0 Å². The van der Waals surface area contributed by atoms with Gasteiger partial charge in [-0.25, -0.2) is 4.79 Å². The van der Waals surface area contributed by atoms with Crippen LogP contribution in [0.4, 0.5) is 4.79 Å². The molecule has 4 saturated carbocycles. The topological polar surface area (TPSA) is 32.3 Å². The van der Waals surface area contributed by atoms with Crippen LogP contribution in [0.2, 0.25) is 0 Å². The number of amides is 2. The molecule has 112 valence electrons. The van der Waals surface area contributed by atoms with Crippen LogP contribution in [0, 0.1) is 29.6 Å². The van der Waals surface area contributed by atoms with Gasteiger partial charge in [-0.15, -0.1) is 0 Å². The van der Waals surface area contributed by atoms with Crippen molar-refractivity contribution in [3.63, 3.8) is 0 Å². The molecule has 4 aliphatic carbocycles. The lowest BCUT2D eigenvalue weighted by molar-refractivity contribution is -0.0114. The lowest BCUT2D eigenvalue weighted by Crippen LogP contribution is -2.58. The highest BCUT2D eigenvalue weighted by Crippen LogP contribution is 2.53. The van der Waals surface area contributed by atoms with Crippen molar-refractivity contribution in [2.75, 3.05) is 13.1 Å². The predicted molar refractivity (Wildman–Crippen MR) is 79.3 cm³/mol. The molecule has 1 atom stereocenters. The molecule has 0 spiro atoms. The second kappa shape index (κ2) is 4.92. The summed E-state index contributed by atoms with van der Waals surface area (Å²) in [5.41, 5.74) is 0. The highest BCUT2D eigenvalue weighted by Gasteiger charge is 2.48. The zero-order chi connectivity index (χ0) is 13.7. The monoisotopic (exact) mass is 276 g/mol. The minimum Gasteiger partial charge on any atom is -0.335 e. The molecule has 0 unspecified atom stereocenters. The van der Waals surface area contributed by atoms with Crippen molar-refractivity contribution in [1.82, 2.24) is 10.2 Å². The van der Waals surface area contributed by atoms with Crippen LogP contribution in [-0.4, -0.2) is 30.1 Å². The van der Waals surface area contributed by atoms with Crippen molar-refractivity contribution in [2.24, 2.45) is 29.6 Å². The molecule has 1 saturated heterocycles. The highest BCUT2D eigenvalue weighted by atomic mass is 16.2. The van der Waals surface area contributed by atoms with E-state index in [1.165, 1.54) is 44.9 Å². The Morgan fingerprint density at radius 2 is 1.70 bits per heavy atom. The van der Waals surface area contributed by atoms with Gasteiger partial charge >= 0.3 is 6.03 Å². The van der Waals surface area contributed by atoms with E-state index in [1.54, 1.807) is 0 Å². The van der Waals surface area contributed by atoms with Crippen LogP contribution in [0.3, 0.4) is 0 Å². The third-order valence-electron chi connectivity index (χ3n) is 6.46. The molecule has 20 heavy (non-hydrogen) atoms. The zero-order valence-electron chi connectivity index (χ0n) is 12.7. The van der Waals surface area contributed by atoms with E-state index in [2.05, 4.69) is 17.1 Å². The molecule has 0 radical (unpaired) electrons. The fourth-order valence-corrected chi connectivity index (χ4v) is 5.77. The number of nitrogens with one attached hydrogen (secondary N) is 1. The van der Waals surface area contributed by atoms with Crippen molar-refractivity contribution < 1.29 is 4.79 Å². The Morgan fingerprint density at radius 1 is 1.05 bits per heavy atom. The number of rotatable bonds is 1. The van der Waals surface area contributed by atoms with Gasteiger partial charge in [-0.3, -0.25) is 0 Å². The first-order valence-electron chi connectivity index (χ1n) is 8.74. The van der Waals surface area contributed by atoms with Gasteiger partial charge in [0.15, 0.2) is 0 Å². The van der Waals surface area contributed by atoms with Gasteiger partial charge in [-0.05, 0) is 74.5 Å².